The highest BCUT2D eigenvalue weighted by Gasteiger charge is 2.35. The molecular formula is C15H15F3N2OS. The summed E-state index contributed by atoms with van der Waals surface area (Å²) < 4.78 is 50.3. The summed E-state index contributed by atoms with van der Waals surface area (Å²) in [6.45, 7) is 0.275. The molecule has 0 aliphatic heterocycles. The zero-order valence-electron chi connectivity index (χ0n) is 12.1. The first kappa shape index (κ1) is 16.5. The number of anilines is 1. The highest BCUT2D eigenvalue weighted by molar-refractivity contribution is 7.84. The van der Waals surface area contributed by atoms with Crippen LogP contribution in [0.25, 0.3) is 0 Å². The van der Waals surface area contributed by atoms with E-state index in [4.69, 9.17) is 0 Å². The molecule has 7 heteroatoms. The average molecular weight is 328 g/mol. The van der Waals surface area contributed by atoms with Crippen molar-refractivity contribution in [3.05, 3.63) is 53.7 Å². The standard InChI is InChI=1S/C15H15F3N2OS/c1-20(10-11-5-7-12(8-6-11)22(2)21)14-13(15(16,17)18)4-3-9-19-14/h3-9H,10H2,1-2H3/t22-/m1/s1. The number of benzene rings is 1. The summed E-state index contributed by atoms with van der Waals surface area (Å²) in [5, 5.41) is 0. The van der Waals surface area contributed by atoms with Gasteiger partial charge in [0.25, 0.3) is 0 Å². The molecule has 0 bridgehead atoms. The quantitative estimate of drug-likeness (QED) is 0.861. The lowest BCUT2D eigenvalue weighted by molar-refractivity contribution is -0.137. The normalized spacial score (nSPS) is 13.0. The molecule has 1 aromatic carbocycles. The summed E-state index contributed by atoms with van der Waals surface area (Å²) in [6, 6.07) is 9.21. The number of pyridine rings is 1. The van der Waals surface area contributed by atoms with E-state index in [2.05, 4.69) is 4.98 Å². The molecule has 1 aromatic heterocycles. The van der Waals surface area contributed by atoms with E-state index in [1.165, 1.54) is 17.2 Å². The van der Waals surface area contributed by atoms with E-state index >= 15 is 0 Å². The van der Waals surface area contributed by atoms with Gasteiger partial charge in [0.05, 0.1) is 5.56 Å². The molecular weight excluding hydrogens is 313 g/mol. The topological polar surface area (TPSA) is 33.2 Å². The fourth-order valence-corrected chi connectivity index (χ4v) is 2.58. The van der Waals surface area contributed by atoms with Crippen LogP contribution in [0.4, 0.5) is 19.0 Å². The second-order valence-electron chi connectivity index (χ2n) is 4.83. The van der Waals surface area contributed by atoms with Gasteiger partial charge in [0.2, 0.25) is 0 Å². The van der Waals surface area contributed by atoms with Gasteiger partial charge < -0.3 is 4.90 Å². The summed E-state index contributed by atoms with van der Waals surface area (Å²) in [4.78, 5) is 5.97. The van der Waals surface area contributed by atoms with Crippen molar-refractivity contribution >= 4 is 16.6 Å². The molecule has 22 heavy (non-hydrogen) atoms. The van der Waals surface area contributed by atoms with Crippen molar-refractivity contribution in [1.82, 2.24) is 4.98 Å². The third-order valence-electron chi connectivity index (χ3n) is 3.13. The summed E-state index contributed by atoms with van der Waals surface area (Å²) in [6.07, 6.45) is -1.53. The van der Waals surface area contributed by atoms with Crippen LogP contribution < -0.4 is 4.90 Å². The smallest absolute Gasteiger partial charge is 0.355 e. The molecule has 0 amide bonds. The Kier molecular flexibility index (Phi) is 4.85. The lowest BCUT2D eigenvalue weighted by Crippen LogP contribution is -2.22. The Labute approximate surface area is 129 Å². The highest BCUT2D eigenvalue weighted by atomic mass is 32.2. The van der Waals surface area contributed by atoms with Gasteiger partial charge in [0, 0.05) is 41.7 Å². The fourth-order valence-electron chi connectivity index (χ4n) is 2.06. The van der Waals surface area contributed by atoms with E-state index in [1.807, 2.05) is 0 Å². The predicted molar refractivity (Wildman–Crippen MR) is 80.1 cm³/mol. The Morgan fingerprint density at radius 2 is 1.82 bits per heavy atom. The molecule has 0 spiro atoms. The Hall–Kier alpha value is -1.89. The molecule has 0 unspecified atom stereocenters. The van der Waals surface area contributed by atoms with Gasteiger partial charge in [-0.1, -0.05) is 12.1 Å². The van der Waals surface area contributed by atoms with Crippen LogP contribution in [-0.2, 0) is 23.5 Å². The van der Waals surface area contributed by atoms with Crippen LogP contribution in [0.2, 0.25) is 0 Å². The number of rotatable bonds is 4. The number of hydrogen-bond donors (Lipinski definition) is 0. The van der Waals surface area contributed by atoms with Gasteiger partial charge in [-0.2, -0.15) is 13.2 Å². The van der Waals surface area contributed by atoms with Gasteiger partial charge in [-0.3, -0.25) is 4.21 Å². The maximum atomic E-state index is 13.0. The molecule has 0 radical (unpaired) electrons. The van der Waals surface area contributed by atoms with Crippen LogP contribution >= 0.6 is 0 Å². The number of nitrogens with zero attached hydrogens (tertiary/aromatic N) is 2. The van der Waals surface area contributed by atoms with Crippen LogP contribution in [0.1, 0.15) is 11.1 Å². The van der Waals surface area contributed by atoms with Crippen molar-refractivity contribution in [3.63, 3.8) is 0 Å². The Morgan fingerprint density at radius 3 is 2.36 bits per heavy atom. The predicted octanol–water partition coefficient (Wildman–Crippen LogP) is 3.47. The van der Waals surface area contributed by atoms with E-state index in [1.54, 1.807) is 37.6 Å². The third-order valence-corrected chi connectivity index (χ3v) is 4.06. The zero-order chi connectivity index (χ0) is 16.3. The summed E-state index contributed by atoms with van der Waals surface area (Å²) in [7, 11) is 0.483. The van der Waals surface area contributed by atoms with E-state index in [0.717, 1.165) is 11.6 Å². The molecule has 0 saturated heterocycles. The number of alkyl halides is 3. The minimum Gasteiger partial charge on any atom is -0.355 e. The average Bonchev–Trinajstić information content (AvgIpc) is 2.47. The SMILES string of the molecule is CN(Cc1ccc([S@@](C)=O)cc1)c1ncccc1C(F)(F)F. The second-order valence-corrected chi connectivity index (χ2v) is 6.21. The molecule has 118 valence electrons. The Balaban J connectivity index is 2.22. The molecule has 3 nitrogen and oxygen atoms in total. The maximum absolute atomic E-state index is 13.0. The van der Waals surface area contributed by atoms with Crippen LogP contribution in [0, 0.1) is 0 Å². The van der Waals surface area contributed by atoms with E-state index in [0.29, 0.717) is 4.90 Å². The van der Waals surface area contributed by atoms with Crippen molar-refractivity contribution in [2.75, 3.05) is 18.2 Å². The summed E-state index contributed by atoms with van der Waals surface area (Å²) in [5.74, 6) is -0.113. The first-order valence-corrected chi connectivity index (χ1v) is 8.00. The number of aromatic nitrogens is 1. The highest BCUT2D eigenvalue weighted by Crippen LogP contribution is 2.35. The van der Waals surface area contributed by atoms with Crippen LogP contribution in [0.15, 0.2) is 47.5 Å². The lowest BCUT2D eigenvalue weighted by Gasteiger charge is -2.22. The molecule has 0 aliphatic rings. The fraction of sp³-hybridized carbons (Fsp3) is 0.267. The van der Waals surface area contributed by atoms with Crippen molar-refractivity contribution in [2.24, 2.45) is 0 Å². The van der Waals surface area contributed by atoms with Gasteiger partial charge >= 0.3 is 6.18 Å². The largest absolute Gasteiger partial charge is 0.419 e. The summed E-state index contributed by atoms with van der Waals surface area (Å²) >= 11 is 0. The van der Waals surface area contributed by atoms with Crippen molar-refractivity contribution in [3.8, 4) is 0 Å². The third kappa shape index (κ3) is 3.85. The number of halogens is 3. The van der Waals surface area contributed by atoms with Crippen LogP contribution in [-0.4, -0.2) is 22.5 Å². The molecule has 0 fully saturated rings. The molecule has 2 rings (SSSR count). The minimum atomic E-state index is -4.44. The van der Waals surface area contributed by atoms with Crippen LogP contribution in [0.5, 0.6) is 0 Å². The second kappa shape index (κ2) is 6.48. The van der Waals surface area contributed by atoms with Gasteiger partial charge in [-0.25, -0.2) is 4.98 Å². The van der Waals surface area contributed by atoms with Crippen molar-refractivity contribution in [1.29, 1.82) is 0 Å². The maximum Gasteiger partial charge on any atom is 0.419 e. The van der Waals surface area contributed by atoms with E-state index < -0.39 is 22.5 Å². The minimum absolute atomic E-state index is 0.113. The first-order valence-electron chi connectivity index (χ1n) is 6.45. The van der Waals surface area contributed by atoms with Gasteiger partial charge in [-0.15, -0.1) is 0 Å². The molecule has 0 saturated carbocycles. The van der Waals surface area contributed by atoms with Crippen molar-refractivity contribution in [2.45, 2.75) is 17.6 Å². The summed E-state index contributed by atoms with van der Waals surface area (Å²) in [5.41, 5.74) is 0.0549. The van der Waals surface area contributed by atoms with Gasteiger partial charge in [0.1, 0.15) is 5.82 Å². The zero-order valence-corrected chi connectivity index (χ0v) is 12.9. The van der Waals surface area contributed by atoms with E-state index in [-0.39, 0.29) is 12.4 Å². The van der Waals surface area contributed by atoms with Crippen molar-refractivity contribution < 1.29 is 17.4 Å². The molecule has 1 atom stereocenters. The van der Waals surface area contributed by atoms with Gasteiger partial charge in [-0.05, 0) is 29.8 Å². The molecule has 1 heterocycles. The molecule has 2 aromatic rings. The van der Waals surface area contributed by atoms with E-state index in [9.17, 15) is 17.4 Å². The Morgan fingerprint density at radius 1 is 1.18 bits per heavy atom. The van der Waals surface area contributed by atoms with Gasteiger partial charge in [0.15, 0.2) is 0 Å². The van der Waals surface area contributed by atoms with Crippen LogP contribution in [0.3, 0.4) is 0 Å². The molecule has 0 N–H and O–H groups in total. The number of hydrogen-bond acceptors (Lipinski definition) is 3. The first-order chi connectivity index (χ1) is 10.3. The lowest BCUT2D eigenvalue weighted by atomic mass is 10.2. The molecule has 0 aliphatic carbocycles. The monoisotopic (exact) mass is 328 g/mol. The Bertz CT molecular complexity index is 671.